The Bertz CT molecular complexity index is 133. The molecule has 1 aliphatic carbocycles. The molecule has 13 heavy (non-hydrogen) atoms. The molecular weight excluding hydrogens is 164 g/mol. The smallest absolute Gasteiger partial charge is 0.0791 e. The first-order valence-electron chi connectivity index (χ1n) is 5.40. The zero-order chi connectivity index (χ0) is 9.68. The predicted molar refractivity (Wildman–Crippen MR) is 54.8 cm³/mol. The van der Waals surface area contributed by atoms with Crippen molar-refractivity contribution in [3.63, 3.8) is 0 Å². The van der Waals surface area contributed by atoms with Crippen molar-refractivity contribution >= 4 is 0 Å². The predicted octanol–water partition coefficient (Wildman–Crippen LogP) is 0.441. The topological polar surface area (TPSA) is 35.5 Å². The van der Waals surface area contributed by atoms with E-state index in [2.05, 4.69) is 24.1 Å². The lowest BCUT2D eigenvalue weighted by Crippen LogP contribution is -2.38. The Morgan fingerprint density at radius 3 is 2.46 bits per heavy atom. The summed E-state index contributed by atoms with van der Waals surface area (Å²) >= 11 is 0. The molecule has 1 saturated carbocycles. The fourth-order valence-electron chi connectivity index (χ4n) is 1.43. The van der Waals surface area contributed by atoms with E-state index in [4.69, 9.17) is 0 Å². The fraction of sp³-hybridized carbons (Fsp3) is 1.00. The summed E-state index contributed by atoms with van der Waals surface area (Å²) < 4.78 is 0. The highest BCUT2D eigenvalue weighted by Crippen LogP contribution is 2.18. The minimum Gasteiger partial charge on any atom is -0.390 e. The van der Waals surface area contributed by atoms with Crippen LogP contribution in [0.15, 0.2) is 0 Å². The Morgan fingerprint density at radius 1 is 1.38 bits per heavy atom. The van der Waals surface area contributed by atoms with Crippen molar-refractivity contribution in [1.82, 2.24) is 10.2 Å². The Hall–Kier alpha value is -0.120. The first-order chi connectivity index (χ1) is 6.26. The van der Waals surface area contributed by atoms with Crippen LogP contribution in [0.2, 0.25) is 0 Å². The van der Waals surface area contributed by atoms with Crippen LogP contribution in [0, 0.1) is 0 Å². The van der Waals surface area contributed by atoms with E-state index in [-0.39, 0.29) is 6.10 Å². The van der Waals surface area contributed by atoms with Gasteiger partial charge in [0.2, 0.25) is 0 Å². The van der Waals surface area contributed by atoms with Gasteiger partial charge in [0.15, 0.2) is 0 Å². The van der Waals surface area contributed by atoms with Crippen molar-refractivity contribution in [2.24, 2.45) is 0 Å². The molecule has 3 nitrogen and oxygen atoms in total. The summed E-state index contributed by atoms with van der Waals surface area (Å²) in [6.45, 7) is 7.86. The SMILES string of the molecule is CCN(CC)C[C@H](O)CNC1CC1. The number of nitrogens with one attached hydrogen (secondary N) is 1. The summed E-state index contributed by atoms with van der Waals surface area (Å²) in [4.78, 5) is 2.25. The molecule has 0 radical (unpaired) electrons. The van der Waals surface area contributed by atoms with E-state index in [1.807, 2.05) is 0 Å². The quantitative estimate of drug-likeness (QED) is 0.605. The van der Waals surface area contributed by atoms with E-state index in [1.165, 1.54) is 12.8 Å². The lowest BCUT2D eigenvalue weighted by molar-refractivity contribution is 0.116. The molecule has 0 unspecified atom stereocenters. The number of rotatable bonds is 7. The van der Waals surface area contributed by atoms with Crippen LogP contribution in [-0.2, 0) is 0 Å². The van der Waals surface area contributed by atoms with Crippen molar-refractivity contribution in [3.05, 3.63) is 0 Å². The normalized spacial score (nSPS) is 19.4. The third-order valence-electron chi connectivity index (χ3n) is 2.58. The van der Waals surface area contributed by atoms with E-state index in [0.717, 1.165) is 26.2 Å². The molecular formula is C10H22N2O. The number of aliphatic hydroxyl groups is 1. The van der Waals surface area contributed by atoms with Gasteiger partial charge in [-0.25, -0.2) is 0 Å². The second kappa shape index (κ2) is 5.58. The second-order valence-electron chi connectivity index (χ2n) is 3.82. The molecule has 1 rings (SSSR count). The molecule has 3 heteroatoms. The first-order valence-corrected chi connectivity index (χ1v) is 5.40. The van der Waals surface area contributed by atoms with Gasteiger partial charge in [-0.2, -0.15) is 0 Å². The minimum absolute atomic E-state index is 0.208. The van der Waals surface area contributed by atoms with Crippen molar-refractivity contribution < 1.29 is 5.11 Å². The summed E-state index contributed by atoms with van der Waals surface area (Å²) in [7, 11) is 0. The summed E-state index contributed by atoms with van der Waals surface area (Å²) in [5.74, 6) is 0. The van der Waals surface area contributed by atoms with E-state index in [1.54, 1.807) is 0 Å². The van der Waals surface area contributed by atoms with Crippen LogP contribution in [0.25, 0.3) is 0 Å². The molecule has 1 aliphatic rings. The Kier molecular flexibility index (Phi) is 4.70. The van der Waals surface area contributed by atoms with Gasteiger partial charge in [-0.15, -0.1) is 0 Å². The largest absolute Gasteiger partial charge is 0.390 e. The highest BCUT2D eigenvalue weighted by molar-refractivity contribution is 4.82. The zero-order valence-corrected chi connectivity index (χ0v) is 8.79. The molecule has 0 aromatic carbocycles. The van der Waals surface area contributed by atoms with Crippen molar-refractivity contribution in [1.29, 1.82) is 0 Å². The summed E-state index contributed by atoms with van der Waals surface area (Å²) in [6.07, 6.45) is 2.37. The van der Waals surface area contributed by atoms with Gasteiger partial charge < -0.3 is 15.3 Å². The maximum absolute atomic E-state index is 9.65. The lowest BCUT2D eigenvalue weighted by atomic mass is 10.3. The monoisotopic (exact) mass is 186 g/mol. The van der Waals surface area contributed by atoms with Crippen LogP contribution in [0.1, 0.15) is 26.7 Å². The van der Waals surface area contributed by atoms with Gasteiger partial charge in [-0.3, -0.25) is 0 Å². The van der Waals surface area contributed by atoms with E-state index >= 15 is 0 Å². The van der Waals surface area contributed by atoms with Gasteiger partial charge in [0, 0.05) is 19.1 Å². The van der Waals surface area contributed by atoms with E-state index in [9.17, 15) is 5.11 Å². The number of hydrogen-bond donors (Lipinski definition) is 2. The van der Waals surface area contributed by atoms with Gasteiger partial charge >= 0.3 is 0 Å². The molecule has 0 aromatic rings. The maximum Gasteiger partial charge on any atom is 0.0791 e. The van der Waals surface area contributed by atoms with Crippen LogP contribution in [-0.4, -0.2) is 48.3 Å². The molecule has 0 aromatic heterocycles. The molecule has 78 valence electrons. The highest BCUT2D eigenvalue weighted by Gasteiger charge is 2.21. The first kappa shape index (κ1) is 11.0. The Balaban J connectivity index is 2.03. The lowest BCUT2D eigenvalue weighted by Gasteiger charge is -2.21. The number of nitrogens with zero attached hydrogens (tertiary/aromatic N) is 1. The molecule has 1 fully saturated rings. The Labute approximate surface area is 81.1 Å². The van der Waals surface area contributed by atoms with Crippen molar-refractivity contribution in [2.45, 2.75) is 38.8 Å². The standard InChI is InChI=1S/C10H22N2O/c1-3-12(4-2)8-10(13)7-11-9-5-6-9/h9-11,13H,3-8H2,1-2H3/t10-/m1/s1. The molecule has 0 saturated heterocycles. The summed E-state index contributed by atoms with van der Waals surface area (Å²) in [5.41, 5.74) is 0. The van der Waals surface area contributed by atoms with Crippen LogP contribution in [0.5, 0.6) is 0 Å². The van der Waals surface area contributed by atoms with Crippen LogP contribution in [0.4, 0.5) is 0 Å². The fourth-order valence-corrected chi connectivity index (χ4v) is 1.43. The average Bonchev–Trinajstić information content (AvgIpc) is 2.94. The molecule has 0 aliphatic heterocycles. The van der Waals surface area contributed by atoms with E-state index < -0.39 is 0 Å². The highest BCUT2D eigenvalue weighted by atomic mass is 16.3. The van der Waals surface area contributed by atoms with Crippen molar-refractivity contribution in [2.75, 3.05) is 26.2 Å². The molecule has 0 spiro atoms. The molecule has 0 bridgehead atoms. The van der Waals surface area contributed by atoms with Gasteiger partial charge in [0.25, 0.3) is 0 Å². The second-order valence-corrected chi connectivity index (χ2v) is 3.82. The molecule has 0 heterocycles. The number of hydrogen-bond acceptors (Lipinski definition) is 3. The molecule has 1 atom stereocenters. The van der Waals surface area contributed by atoms with Crippen LogP contribution < -0.4 is 5.32 Å². The van der Waals surface area contributed by atoms with Gasteiger partial charge in [0.1, 0.15) is 0 Å². The third-order valence-corrected chi connectivity index (χ3v) is 2.58. The molecule has 2 N–H and O–H groups in total. The van der Waals surface area contributed by atoms with Gasteiger partial charge in [-0.05, 0) is 25.9 Å². The van der Waals surface area contributed by atoms with Crippen LogP contribution in [0.3, 0.4) is 0 Å². The van der Waals surface area contributed by atoms with Gasteiger partial charge in [-0.1, -0.05) is 13.8 Å². The minimum atomic E-state index is -0.208. The summed E-state index contributed by atoms with van der Waals surface area (Å²) in [5, 5.41) is 13.0. The average molecular weight is 186 g/mol. The molecule has 0 amide bonds. The van der Waals surface area contributed by atoms with Gasteiger partial charge in [0.05, 0.1) is 6.10 Å². The van der Waals surface area contributed by atoms with Crippen LogP contribution >= 0.6 is 0 Å². The van der Waals surface area contributed by atoms with Crippen molar-refractivity contribution in [3.8, 4) is 0 Å². The summed E-state index contributed by atoms with van der Waals surface area (Å²) in [6, 6.07) is 0.700. The number of aliphatic hydroxyl groups excluding tert-OH is 1. The number of likely N-dealkylation sites (N-methyl/N-ethyl adjacent to an activating group) is 1. The maximum atomic E-state index is 9.65. The third kappa shape index (κ3) is 4.60. The Morgan fingerprint density at radius 2 is 2.00 bits per heavy atom. The zero-order valence-electron chi connectivity index (χ0n) is 8.79. The van der Waals surface area contributed by atoms with E-state index in [0.29, 0.717) is 6.04 Å².